The summed E-state index contributed by atoms with van der Waals surface area (Å²) in [4.78, 5) is 14.6. The number of fused-ring (bicyclic) bond motifs is 1. The van der Waals surface area contributed by atoms with Gasteiger partial charge in [0.15, 0.2) is 4.77 Å². The Hall–Kier alpha value is -1.33. The summed E-state index contributed by atoms with van der Waals surface area (Å²) in [6.45, 7) is 1.74. The number of carbonyl (C=O) groups excluding carboxylic acids is 1. The highest BCUT2D eigenvalue weighted by Gasteiger charge is 2.18. The van der Waals surface area contributed by atoms with Crippen molar-refractivity contribution in [3.63, 3.8) is 0 Å². The molecule has 1 aromatic heterocycles. The molecule has 0 aliphatic carbocycles. The molecule has 0 spiro atoms. The van der Waals surface area contributed by atoms with Crippen molar-refractivity contribution in [3.8, 4) is 0 Å². The van der Waals surface area contributed by atoms with Gasteiger partial charge < -0.3 is 14.3 Å². The summed E-state index contributed by atoms with van der Waals surface area (Å²) in [5, 5.41) is 0.617. The van der Waals surface area contributed by atoms with Crippen LogP contribution in [0.25, 0.3) is 11.0 Å². The van der Waals surface area contributed by atoms with E-state index in [0.29, 0.717) is 9.79 Å². The number of aromatic amines is 1. The van der Waals surface area contributed by atoms with Crippen molar-refractivity contribution in [2.24, 2.45) is 0 Å². The van der Waals surface area contributed by atoms with Crippen LogP contribution in [0.15, 0.2) is 18.2 Å². The number of aromatic nitrogens is 2. The van der Waals surface area contributed by atoms with E-state index in [9.17, 15) is 4.79 Å². The molecular weight excluding hydrogens is 260 g/mol. The Morgan fingerprint density at radius 3 is 2.94 bits per heavy atom. The van der Waals surface area contributed by atoms with Gasteiger partial charge in [0.2, 0.25) is 0 Å². The van der Waals surface area contributed by atoms with Crippen LogP contribution in [0.5, 0.6) is 0 Å². The van der Waals surface area contributed by atoms with E-state index < -0.39 is 6.04 Å². The molecule has 1 unspecified atom stereocenters. The Kier molecular flexibility index (Phi) is 3.22. The fourth-order valence-corrected chi connectivity index (χ4v) is 2.30. The van der Waals surface area contributed by atoms with Crippen molar-refractivity contribution in [1.82, 2.24) is 9.55 Å². The first-order valence-electron chi connectivity index (χ1n) is 5.02. The van der Waals surface area contributed by atoms with Crippen LogP contribution in [0.2, 0.25) is 5.02 Å². The van der Waals surface area contributed by atoms with Gasteiger partial charge in [-0.1, -0.05) is 11.6 Å². The number of ether oxygens (including phenoxy) is 1. The monoisotopic (exact) mass is 270 g/mol. The average molecular weight is 271 g/mol. The van der Waals surface area contributed by atoms with E-state index >= 15 is 0 Å². The minimum absolute atomic E-state index is 0.336. The zero-order valence-electron chi connectivity index (χ0n) is 9.36. The molecule has 0 saturated carbocycles. The first-order chi connectivity index (χ1) is 8.04. The molecule has 0 saturated heterocycles. The fraction of sp³-hybridized carbons (Fsp3) is 0.273. The SMILES string of the molecule is COC(=O)C(C)n1c(=S)[nH]c2cc(Cl)ccc21. The molecular formula is C11H11ClN2O2S. The van der Waals surface area contributed by atoms with E-state index in [1.807, 2.05) is 6.07 Å². The van der Waals surface area contributed by atoms with Gasteiger partial charge in [-0.3, -0.25) is 0 Å². The van der Waals surface area contributed by atoms with E-state index in [1.54, 1.807) is 23.6 Å². The van der Waals surface area contributed by atoms with Crippen molar-refractivity contribution in [3.05, 3.63) is 28.0 Å². The molecule has 90 valence electrons. The van der Waals surface area contributed by atoms with Crippen molar-refractivity contribution >= 4 is 40.8 Å². The van der Waals surface area contributed by atoms with Crippen LogP contribution in [-0.4, -0.2) is 22.6 Å². The minimum atomic E-state index is -0.470. The van der Waals surface area contributed by atoms with Gasteiger partial charge in [-0.15, -0.1) is 0 Å². The molecule has 0 fully saturated rings. The number of hydrogen-bond acceptors (Lipinski definition) is 3. The van der Waals surface area contributed by atoms with Crippen molar-refractivity contribution in [2.75, 3.05) is 7.11 Å². The highest BCUT2D eigenvalue weighted by molar-refractivity contribution is 7.71. The average Bonchev–Trinajstić information content (AvgIpc) is 2.62. The number of hydrogen-bond donors (Lipinski definition) is 1. The number of H-pyrrole nitrogens is 1. The van der Waals surface area contributed by atoms with Crippen molar-refractivity contribution < 1.29 is 9.53 Å². The topological polar surface area (TPSA) is 47.0 Å². The van der Waals surface area contributed by atoms with Crippen molar-refractivity contribution in [1.29, 1.82) is 0 Å². The van der Waals surface area contributed by atoms with Gasteiger partial charge in [0.05, 0.1) is 18.1 Å². The third kappa shape index (κ3) is 2.08. The molecule has 0 amide bonds. The molecule has 17 heavy (non-hydrogen) atoms. The van der Waals surface area contributed by atoms with E-state index in [1.165, 1.54) is 7.11 Å². The van der Waals surface area contributed by atoms with Crippen molar-refractivity contribution in [2.45, 2.75) is 13.0 Å². The van der Waals surface area contributed by atoms with Crippen LogP contribution in [0.4, 0.5) is 0 Å². The number of esters is 1. The summed E-state index contributed by atoms with van der Waals surface area (Å²) < 4.78 is 6.90. The standard InChI is InChI=1S/C11H11ClN2O2S/c1-6(10(15)16-2)14-9-4-3-7(12)5-8(9)13-11(14)17/h3-6H,1-2H3,(H,13,17). The second-order valence-corrected chi connectivity index (χ2v) is 4.48. The Labute approximate surface area is 108 Å². The molecule has 0 radical (unpaired) electrons. The number of rotatable bonds is 2. The molecule has 1 aromatic carbocycles. The molecule has 0 aliphatic heterocycles. The zero-order valence-corrected chi connectivity index (χ0v) is 10.9. The maximum atomic E-state index is 11.5. The lowest BCUT2D eigenvalue weighted by atomic mass is 10.3. The summed E-state index contributed by atoms with van der Waals surface area (Å²) in [6, 6.07) is 4.88. The molecule has 1 atom stereocenters. The van der Waals surface area contributed by atoms with Gasteiger partial charge in [-0.25, -0.2) is 4.79 Å². The van der Waals surface area contributed by atoms with Crippen LogP contribution >= 0.6 is 23.8 Å². The maximum Gasteiger partial charge on any atom is 0.328 e. The van der Waals surface area contributed by atoms with E-state index in [0.717, 1.165) is 11.0 Å². The second kappa shape index (κ2) is 4.50. The lowest BCUT2D eigenvalue weighted by molar-refractivity contribution is -0.143. The van der Waals surface area contributed by atoms with E-state index in [2.05, 4.69) is 4.98 Å². The molecule has 0 bridgehead atoms. The van der Waals surface area contributed by atoms with Crippen LogP contribution in [0.1, 0.15) is 13.0 Å². The lowest BCUT2D eigenvalue weighted by Gasteiger charge is -2.11. The van der Waals surface area contributed by atoms with Gasteiger partial charge in [0, 0.05) is 5.02 Å². The predicted octanol–water partition coefficient (Wildman–Crippen LogP) is 3.09. The highest BCUT2D eigenvalue weighted by atomic mass is 35.5. The van der Waals surface area contributed by atoms with Crippen LogP contribution in [-0.2, 0) is 9.53 Å². The Morgan fingerprint density at radius 1 is 1.59 bits per heavy atom. The quantitative estimate of drug-likeness (QED) is 0.674. The van der Waals surface area contributed by atoms with Crippen LogP contribution < -0.4 is 0 Å². The summed E-state index contributed by atoms with van der Waals surface area (Å²) in [6.07, 6.45) is 0. The largest absolute Gasteiger partial charge is 0.467 e. The number of nitrogens with zero attached hydrogens (tertiary/aromatic N) is 1. The van der Waals surface area contributed by atoms with Gasteiger partial charge in [0.25, 0.3) is 0 Å². The van der Waals surface area contributed by atoms with Crippen LogP contribution in [0, 0.1) is 4.77 Å². The fourth-order valence-electron chi connectivity index (χ4n) is 1.76. The van der Waals surface area contributed by atoms with Gasteiger partial charge in [-0.2, -0.15) is 0 Å². The Bertz CT molecular complexity index is 632. The third-order valence-corrected chi connectivity index (χ3v) is 3.14. The van der Waals surface area contributed by atoms with Gasteiger partial charge in [-0.05, 0) is 37.3 Å². The molecule has 6 heteroatoms. The number of imidazole rings is 1. The number of benzene rings is 1. The molecule has 0 aliphatic rings. The Balaban J connectivity index is 2.65. The van der Waals surface area contributed by atoms with Gasteiger partial charge >= 0.3 is 5.97 Å². The first kappa shape index (κ1) is 12.1. The smallest absolute Gasteiger partial charge is 0.328 e. The molecule has 2 aromatic rings. The van der Waals surface area contributed by atoms with E-state index in [-0.39, 0.29) is 5.97 Å². The summed E-state index contributed by atoms with van der Waals surface area (Å²) >= 11 is 11.1. The number of halogens is 1. The predicted molar refractivity (Wildman–Crippen MR) is 68.9 cm³/mol. The summed E-state index contributed by atoms with van der Waals surface area (Å²) in [5.41, 5.74) is 1.63. The zero-order chi connectivity index (χ0) is 12.6. The number of nitrogens with one attached hydrogen (secondary N) is 1. The minimum Gasteiger partial charge on any atom is -0.467 e. The molecule has 2 rings (SSSR count). The lowest BCUT2D eigenvalue weighted by Crippen LogP contribution is -2.17. The summed E-state index contributed by atoms with van der Waals surface area (Å²) in [7, 11) is 1.36. The van der Waals surface area contributed by atoms with Gasteiger partial charge in [0.1, 0.15) is 6.04 Å². The third-order valence-electron chi connectivity index (χ3n) is 2.61. The first-order valence-corrected chi connectivity index (χ1v) is 5.81. The maximum absolute atomic E-state index is 11.5. The second-order valence-electron chi connectivity index (χ2n) is 3.66. The molecule has 4 nitrogen and oxygen atoms in total. The van der Waals surface area contributed by atoms with E-state index in [4.69, 9.17) is 28.6 Å². The molecule has 1 heterocycles. The van der Waals surface area contributed by atoms with Crippen LogP contribution in [0.3, 0.4) is 0 Å². The number of methoxy groups -OCH3 is 1. The normalized spacial score (nSPS) is 12.6. The molecule has 1 N–H and O–H groups in total. The Morgan fingerprint density at radius 2 is 2.29 bits per heavy atom. The highest BCUT2D eigenvalue weighted by Crippen LogP contribution is 2.22. The summed E-state index contributed by atoms with van der Waals surface area (Å²) in [5.74, 6) is -0.336. The number of carbonyl (C=O) groups is 1.